The fourth-order valence-corrected chi connectivity index (χ4v) is 4.19. The number of amides is 2. The van der Waals surface area contributed by atoms with Crippen LogP contribution in [0, 0.1) is 5.92 Å². The SMILES string of the molecule is CCC(C)NC(=O)c1ccccc1NC(=O)C1CCCN(Cc2nc(-c3ccc(Cl)cc3)no2)C1. The maximum atomic E-state index is 13.1. The lowest BCUT2D eigenvalue weighted by atomic mass is 9.96. The number of aromatic nitrogens is 2. The largest absolute Gasteiger partial charge is 0.350 e. The number of hydrogen-bond donors (Lipinski definition) is 2. The second-order valence-corrected chi connectivity index (χ2v) is 9.35. The Morgan fingerprint density at radius 3 is 2.74 bits per heavy atom. The molecule has 2 aromatic carbocycles. The van der Waals surface area contributed by atoms with Crippen LogP contribution in [0.15, 0.2) is 53.1 Å². The maximum absolute atomic E-state index is 13.1. The summed E-state index contributed by atoms with van der Waals surface area (Å²) in [6.07, 6.45) is 2.50. The second-order valence-electron chi connectivity index (χ2n) is 8.91. The van der Waals surface area contributed by atoms with Crippen LogP contribution in [0.3, 0.4) is 0 Å². The quantitative estimate of drug-likeness (QED) is 0.467. The molecular weight excluding hydrogens is 466 g/mol. The van der Waals surface area contributed by atoms with Crippen molar-refractivity contribution in [2.24, 2.45) is 5.92 Å². The van der Waals surface area contributed by atoms with Crippen LogP contribution in [0.4, 0.5) is 5.69 Å². The fraction of sp³-hybridized carbons (Fsp3) is 0.385. The average molecular weight is 496 g/mol. The number of likely N-dealkylation sites (tertiary alicyclic amines) is 1. The smallest absolute Gasteiger partial charge is 0.253 e. The predicted molar refractivity (Wildman–Crippen MR) is 135 cm³/mol. The van der Waals surface area contributed by atoms with Crippen molar-refractivity contribution in [3.05, 3.63) is 65.0 Å². The molecule has 0 aliphatic carbocycles. The van der Waals surface area contributed by atoms with Gasteiger partial charge in [0.1, 0.15) is 0 Å². The van der Waals surface area contributed by atoms with E-state index in [4.69, 9.17) is 16.1 Å². The van der Waals surface area contributed by atoms with E-state index in [9.17, 15) is 9.59 Å². The van der Waals surface area contributed by atoms with Gasteiger partial charge in [-0.15, -0.1) is 0 Å². The van der Waals surface area contributed by atoms with Crippen molar-refractivity contribution < 1.29 is 14.1 Å². The molecule has 0 saturated carbocycles. The third-order valence-electron chi connectivity index (χ3n) is 6.23. The van der Waals surface area contributed by atoms with Gasteiger partial charge in [-0.2, -0.15) is 4.98 Å². The number of para-hydroxylation sites is 1. The highest BCUT2D eigenvalue weighted by Crippen LogP contribution is 2.23. The van der Waals surface area contributed by atoms with Crippen LogP contribution in [-0.4, -0.2) is 46.0 Å². The number of halogens is 1. The number of hydrogen-bond acceptors (Lipinski definition) is 6. The zero-order valence-corrected chi connectivity index (χ0v) is 20.7. The summed E-state index contributed by atoms with van der Waals surface area (Å²) in [5, 5.41) is 10.7. The zero-order valence-electron chi connectivity index (χ0n) is 20.0. The molecule has 184 valence electrons. The Morgan fingerprint density at radius 2 is 1.97 bits per heavy atom. The van der Waals surface area contributed by atoms with Gasteiger partial charge in [-0.05, 0) is 69.1 Å². The number of carbonyl (C=O) groups excluding carboxylic acids is 2. The van der Waals surface area contributed by atoms with E-state index in [1.807, 2.05) is 32.0 Å². The summed E-state index contributed by atoms with van der Waals surface area (Å²) in [5.41, 5.74) is 1.82. The number of anilines is 1. The molecule has 1 aliphatic rings. The fourth-order valence-electron chi connectivity index (χ4n) is 4.07. The summed E-state index contributed by atoms with van der Waals surface area (Å²) in [7, 11) is 0. The Labute approximate surface area is 210 Å². The van der Waals surface area contributed by atoms with Gasteiger partial charge in [-0.3, -0.25) is 14.5 Å². The van der Waals surface area contributed by atoms with Gasteiger partial charge in [-0.25, -0.2) is 0 Å². The first-order chi connectivity index (χ1) is 16.9. The van der Waals surface area contributed by atoms with Crippen LogP contribution in [0.1, 0.15) is 49.4 Å². The highest BCUT2D eigenvalue weighted by Gasteiger charge is 2.28. The predicted octanol–water partition coefficient (Wildman–Crippen LogP) is 4.77. The lowest BCUT2D eigenvalue weighted by Crippen LogP contribution is -2.40. The molecule has 3 aromatic rings. The topological polar surface area (TPSA) is 100 Å². The van der Waals surface area contributed by atoms with Crippen molar-refractivity contribution in [2.75, 3.05) is 18.4 Å². The van der Waals surface area contributed by atoms with Gasteiger partial charge in [0.25, 0.3) is 5.91 Å². The first-order valence-electron chi connectivity index (χ1n) is 11.9. The normalized spacial score (nSPS) is 17.1. The molecule has 2 heterocycles. The Bertz CT molecular complexity index is 1160. The average Bonchev–Trinajstić information content (AvgIpc) is 3.33. The number of rotatable bonds is 8. The van der Waals surface area contributed by atoms with Gasteiger partial charge in [0.05, 0.1) is 23.7 Å². The van der Waals surface area contributed by atoms with Gasteiger partial charge in [0.2, 0.25) is 17.6 Å². The van der Waals surface area contributed by atoms with Crippen molar-refractivity contribution in [1.82, 2.24) is 20.4 Å². The summed E-state index contributed by atoms with van der Waals surface area (Å²) in [5.74, 6) is 0.533. The van der Waals surface area contributed by atoms with Crippen LogP contribution in [-0.2, 0) is 11.3 Å². The molecule has 0 spiro atoms. The molecule has 1 aromatic heterocycles. The number of nitrogens with one attached hydrogen (secondary N) is 2. The standard InChI is InChI=1S/C26H30ClN5O3/c1-3-17(2)28-26(34)21-8-4-5-9-22(21)29-25(33)19-7-6-14-32(15-19)16-23-30-24(31-35-23)18-10-12-20(27)13-11-18/h4-5,8-13,17,19H,3,6-7,14-16H2,1-2H3,(H,28,34)(H,29,33). The van der Waals surface area contributed by atoms with E-state index >= 15 is 0 Å². The summed E-state index contributed by atoms with van der Waals surface area (Å²) in [6, 6.07) is 14.4. The Balaban J connectivity index is 1.37. The van der Waals surface area contributed by atoms with Crippen molar-refractivity contribution in [3.63, 3.8) is 0 Å². The summed E-state index contributed by atoms with van der Waals surface area (Å²) < 4.78 is 5.45. The lowest BCUT2D eigenvalue weighted by molar-refractivity contribution is -0.121. The van der Waals surface area contributed by atoms with Gasteiger partial charge in [-0.1, -0.05) is 35.8 Å². The van der Waals surface area contributed by atoms with E-state index in [1.165, 1.54) is 0 Å². The lowest BCUT2D eigenvalue weighted by Gasteiger charge is -2.31. The number of benzene rings is 2. The van der Waals surface area contributed by atoms with Gasteiger partial charge < -0.3 is 15.2 Å². The minimum absolute atomic E-state index is 0.0584. The number of nitrogens with zero attached hydrogens (tertiary/aromatic N) is 3. The molecule has 1 aliphatic heterocycles. The van der Waals surface area contributed by atoms with E-state index in [1.54, 1.807) is 30.3 Å². The monoisotopic (exact) mass is 495 g/mol. The van der Waals surface area contributed by atoms with E-state index in [2.05, 4.69) is 25.7 Å². The third kappa shape index (κ3) is 6.46. The third-order valence-corrected chi connectivity index (χ3v) is 6.48. The Kier molecular flexibility index (Phi) is 8.15. The molecule has 2 unspecified atom stereocenters. The first-order valence-corrected chi connectivity index (χ1v) is 12.3. The molecule has 2 N–H and O–H groups in total. The van der Waals surface area contributed by atoms with E-state index in [-0.39, 0.29) is 23.8 Å². The van der Waals surface area contributed by atoms with Crippen LogP contribution in [0.25, 0.3) is 11.4 Å². The van der Waals surface area contributed by atoms with Gasteiger partial charge in [0.15, 0.2) is 0 Å². The van der Waals surface area contributed by atoms with Gasteiger partial charge >= 0.3 is 0 Å². The molecule has 35 heavy (non-hydrogen) atoms. The van der Waals surface area contributed by atoms with E-state index in [0.29, 0.717) is 41.1 Å². The molecule has 9 heteroatoms. The molecule has 1 saturated heterocycles. The summed E-state index contributed by atoms with van der Waals surface area (Å²) >= 11 is 5.95. The molecular formula is C26H30ClN5O3. The van der Waals surface area contributed by atoms with Crippen molar-refractivity contribution in [1.29, 1.82) is 0 Å². The van der Waals surface area contributed by atoms with E-state index < -0.39 is 0 Å². The second kappa shape index (κ2) is 11.5. The van der Waals surface area contributed by atoms with Crippen molar-refractivity contribution in [2.45, 2.75) is 45.7 Å². The minimum atomic E-state index is -0.201. The summed E-state index contributed by atoms with van der Waals surface area (Å²) in [6.45, 7) is 5.86. The first kappa shape index (κ1) is 24.9. The molecule has 2 amide bonds. The molecule has 2 atom stereocenters. The maximum Gasteiger partial charge on any atom is 0.253 e. The van der Waals surface area contributed by atoms with Crippen LogP contribution in [0.5, 0.6) is 0 Å². The minimum Gasteiger partial charge on any atom is -0.350 e. The van der Waals surface area contributed by atoms with Crippen molar-refractivity contribution in [3.8, 4) is 11.4 Å². The Hall–Kier alpha value is -3.23. The molecule has 1 fully saturated rings. The molecule has 0 radical (unpaired) electrons. The van der Waals surface area contributed by atoms with Gasteiger partial charge in [0, 0.05) is 23.2 Å². The number of carbonyl (C=O) groups is 2. The molecule has 0 bridgehead atoms. The summed E-state index contributed by atoms with van der Waals surface area (Å²) in [4.78, 5) is 32.4. The van der Waals surface area contributed by atoms with Crippen LogP contribution < -0.4 is 10.6 Å². The number of piperidine rings is 1. The highest BCUT2D eigenvalue weighted by molar-refractivity contribution is 6.30. The van der Waals surface area contributed by atoms with Crippen LogP contribution in [0.2, 0.25) is 5.02 Å². The van der Waals surface area contributed by atoms with Crippen LogP contribution >= 0.6 is 11.6 Å². The Morgan fingerprint density at radius 1 is 1.20 bits per heavy atom. The highest BCUT2D eigenvalue weighted by atomic mass is 35.5. The zero-order chi connectivity index (χ0) is 24.8. The van der Waals surface area contributed by atoms with E-state index in [0.717, 1.165) is 31.4 Å². The molecule has 4 rings (SSSR count). The molecule has 8 nitrogen and oxygen atoms in total. The van der Waals surface area contributed by atoms with Crippen molar-refractivity contribution >= 4 is 29.1 Å².